The van der Waals surface area contributed by atoms with Gasteiger partial charge in [-0.15, -0.1) is 0 Å². The molecule has 0 saturated carbocycles. The molecule has 0 unspecified atom stereocenters. The largest absolute Gasteiger partial charge is 0.481 e. The van der Waals surface area contributed by atoms with E-state index in [9.17, 15) is 9.18 Å². The summed E-state index contributed by atoms with van der Waals surface area (Å²) >= 11 is 0. The van der Waals surface area contributed by atoms with Crippen LogP contribution in [0.15, 0.2) is 36.4 Å². The van der Waals surface area contributed by atoms with E-state index >= 15 is 0 Å². The summed E-state index contributed by atoms with van der Waals surface area (Å²) in [4.78, 5) is 11.9. The molecule has 0 aliphatic rings. The minimum absolute atomic E-state index is 0.0582. The van der Waals surface area contributed by atoms with Crippen LogP contribution in [0.5, 0.6) is 5.75 Å². The standard InChI is InChI=1S/C16H17FN2O2/c1-10-6-7-12(17)14(8-10)21-9-15(20)19-16-11(2)4-3-5-13(16)18/h3-8H,9,18H2,1-2H3,(H,19,20). The maximum atomic E-state index is 13.5. The lowest BCUT2D eigenvalue weighted by Crippen LogP contribution is -2.21. The van der Waals surface area contributed by atoms with Crippen LogP contribution in [-0.2, 0) is 4.79 Å². The normalized spacial score (nSPS) is 10.2. The molecule has 5 heteroatoms. The Labute approximate surface area is 122 Å². The van der Waals surface area contributed by atoms with E-state index < -0.39 is 11.7 Å². The van der Waals surface area contributed by atoms with E-state index in [0.29, 0.717) is 11.4 Å². The highest BCUT2D eigenvalue weighted by molar-refractivity contribution is 5.95. The molecule has 4 nitrogen and oxygen atoms in total. The number of benzene rings is 2. The van der Waals surface area contributed by atoms with Gasteiger partial charge < -0.3 is 15.8 Å². The predicted octanol–water partition coefficient (Wildman–Crippen LogP) is 3.04. The van der Waals surface area contributed by atoms with Crippen molar-refractivity contribution in [3.63, 3.8) is 0 Å². The van der Waals surface area contributed by atoms with Crippen molar-refractivity contribution in [1.82, 2.24) is 0 Å². The number of hydrogen-bond acceptors (Lipinski definition) is 3. The fraction of sp³-hybridized carbons (Fsp3) is 0.188. The van der Waals surface area contributed by atoms with Gasteiger partial charge in [-0.05, 0) is 43.2 Å². The molecule has 21 heavy (non-hydrogen) atoms. The summed E-state index contributed by atoms with van der Waals surface area (Å²) in [6.07, 6.45) is 0. The lowest BCUT2D eigenvalue weighted by molar-refractivity contribution is -0.118. The molecule has 2 aromatic carbocycles. The van der Waals surface area contributed by atoms with Crippen LogP contribution in [-0.4, -0.2) is 12.5 Å². The molecule has 0 aliphatic carbocycles. The smallest absolute Gasteiger partial charge is 0.262 e. The van der Waals surface area contributed by atoms with E-state index in [-0.39, 0.29) is 12.4 Å². The number of aryl methyl sites for hydroxylation is 2. The van der Waals surface area contributed by atoms with Gasteiger partial charge in [0.25, 0.3) is 5.91 Å². The molecule has 0 spiro atoms. The highest BCUT2D eigenvalue weighted by Gasteiger charge is 2.10. The molecule has 0 saturated heterocycles. The number of para-hydroxylation sites is 1. The molecule has 0 atom stereocenters. The van der Waals surface area contributed by atoms with Gasteiger partial charge in [-0.25, -0.2) is 4.39 Å². The van der Waals surface area contributed by atoms with Crippen LogP contribution >= 0.6 is 0 Å². The summed E-state index contributed by atoms with van der Waals surface area (Å²) in [7, 11) is 0. The van der Waals surface area contributed by atoms with Crippen molar-refractivity contribution in [3.8, 4) is 5.75 Å². The molecule has 3 N–H and O–H groups in total. The van der Waals surface area contributed by atoms with Crippen molar-refractivity contribution in [2.45, 2.75) is 13.8 Å². The zero-order valence-corrected chi connectivity index (χ0v) is 11.9. The van der Waals surface area contributed by atoms with Crippen molar-refractivity contribution >= 4 is 17.3 Å². The van der Waals surface area contributed by atoms with Gasteiger partial charge in [-0.3, -0.25) is 4.79 Å². The van der Waals surface area contributed by atoms with Crippen LogP contribution in [0.2, 0.25) is 0 Å². The van der Waals surface area contributed by atoms with Crippen molar-refractivity contribution in [2.75, 3.05) is 17.7 Å². The second-order valence-corrected chi connectivity index (χ2v) is 4.81. The van der Waals surface area contributed by atoms with Crippen LogP contribution in [0, 0.1) is 19.7 Å². The third-order valence-electron chi connectivity index (χ3n) is 3.01. The van der Waals surface area contributed by atoms with Gasteiger partial charge in [0.15, 0.2) is 18.2 Å². The number of halogens is 1. The number of hydrogen-bond donors (Lipinski definition) is 2. The van der Waals surface area contributed by atoms with Gasteiger partial charge in [0.1, 0.15) is 0 Å². The molecule has 1 amide bonds. The number of anilines is 2. The fourth-order valence-electron chi connectivity index (χ4n) is 1.90. The van der Waals surface area contributed by atoms with Gasteiger partial charge in [-0.1, -0.05) is 18.2 Å². The van der Waals surface area contributed by atoms with Crippen LogP contribution in [0.25, 0.3) is 0 Å². The average Bonchev–Trinajstić information content (AvgIpc) is 2.44. The summed E-state index contributed by atoms with van der Waals surface area (Å²) in [5.41, 5.74) is 8.54. The minimum atomic E-state index is -0.496. The second-order valence-electron chi connectivity index (χ2n) is 4.81. The van der Waals surface area contributed by atoms with Crippen molar-refractivity contribution < 1.29 is 13.9 Å². The zero-order valence-electron chi connectivity index (χ0n) is 11.9. The van der Waals surface area contributed by atoms with Crippen molar-refractivity contribution in [3.05, 3.63) is 53.3 Å². The number of amides is 1. The number of nitrogens with two attached hydrogens (primary N) is 1. The van der Waals surface area contributed by atoms with Gasteiger partial charge in [0.05, 0.1) is 11.4 Å². The maximum absolute atomic E-state index is 13.5. The Morgan fingerprint density at radius 3 is 2.76 bits per heavy atom. The molecule has 0 aliphatic heterocycles. The van der Waals surface area contributed by atoms with Crippen molar-refractivity contribution in [1.29, 1.82) is 0 Å². The number of rotatable bonds is 4. The first-order chi connectivity index (χ1) is 9.97. The first-order valence-electron chi connectivity index (χ1n) is 6.51. The molecule has 0 fully saturated rings. The van der Waals surface area contributed by atoms with Crippen LogP contribution < -0.4 is 15.8 Å². The number of nitrogen functional groups attached to an aromatic ring is 1. The molecule has 110 valence electrons. The Hall–Kier alpha value is -2.56. The maximum Gasteiger partial charge on any atom is 0.262 e. The second kappa shape index (κ2) is 6.26. The Morgan fingerprint density at radius 1 is 1.29 bits per heavy atom. The molecule has 0 radical (unpaired) electrons. The minimum Gasteiger partial charge on any atom is -0.481 e. The number of nitrogens with one attached hydrogen (secondary N) is 1. The summed E-state index contributed by atoms with van der Waals surface area (Å²) in [6, 6.07) is 9.83. The van der Waals surface area contributed by atoms with E-state index in [4.69, 9.17) is 10.5 Å². The van der Waals surface area contributed by atoms with Gasteiger partial charge >= 0.3 is 0 Å². The number of carbonyl (C=O) groups is 1. The van der Waals surface area contributed by atoms with Gasteiger partial charge in [-0.2, -0.15) is 0 Å². The lowest BCUT2D eigenvalue weighted by atomic mass is 10.1. The first kappa shape index (κ1) is 14.8. The highest BCUT2D eigenvalue weighted by Crippen LogP contribution is 2.22. The Kier molecular flexibility index (Phi) is 4.42. The predicted molar refractivity (Wildman–Crippen MR) is 80.9 cm³/mol. The van der Waals surface area contributed by atoms with E-state index in [0.717, 1.165) is 11.1 Å². The molecule has 2 rings (SSSR count). The average molecular weight is 288 g/mol. The summed E-state index contributed by atoms with van der Waals surface area (Å²) in [5.74, 6) is -0.830. The van der Waals surface area contributed by atoms with Gasteiger partial charge in [0.2, 0.25) is 0 Å². The molecule has 0 heterocycles. The zero-order chi connectivity index (χ0) is 15.4. The summed E-state index contributed by atoms with van der Waals surface area (Å²) < 4.78 is 18.7. The number of carbonyl (C=O) groups excluding carboxylic acids is 1. The molecular formula is C16H17FN2O2. The fourth-order valence-corrected chi connectivity index (χ4v) is 1.90. The summed E-state index contributed by atoms with van der Waals surface area (Å²) in [5, 5.41) is 2.67. The van der Waals surface area contributed by atoms with Crippen LogP contribution in [0.4, 0.5) is 15.8 Å². The van der Waals surface area contributed by atoms with Crippen molar-refractivity contribution in [2.24, 2.45) is 0 Å². The SMILES string of the molecule is Cc1ccc(F)c(OCC(=O)Nc2c(C)cccc2N)c1. The quantitative estimate of drug-likeness (QED) is 0.850. The lowest BCUT2D eigenvalue weighted by Gasteiger charge is -2.12. The molecule has 0 bridgehead atoms. The van der Waals surface area contributed by atoms with Gasteiger partial charge in [0, 0.05) is 0 Å². The first-order valence-corrected chi connectivity index (χ1v) is 6.51. The molecule has 2 aromatic rings. The Balaban J connectivity index is 2.01. The third kappa shape index (κ3) is 3.72. The van der Waals surface area contributed by atoms with E-state index in [1.165, 1.54) is 6.07 Å². The summed E-state index contributed by atoms with van der Waals surface area (Å²) in [6.45, 7) is 3.38. The highest BCUT2D eigenvalue weighted by atomic mass is 19.1. The van der Waals surface area contributed by atoms with E-state index in [1.807, 2.05) is 19.9 Å². The van der Waals surface area contributed by atoms with Crippen LogP contribution in [0.3, 0.4) is 0 Å². The molecule has 0 aromatic heterocycles. The molecular weight excluding hydrogens is 271 g/mol. The van der Waals surface area contributed by atoms with Crippen LogP contribution in [0.1, 0.15) is 11.1 Å². The topological polar surface area (TPSA) is 64.3 Å². The Morgan fingerprint density at radius 2 is 2.05 bits per heavy atom. The van der Waals surface area contributed by atoms with E-state index in [2.05, 4.69) is 5.32 Å². The third-order valence-corrected chi connectivity index (χ3v) is 3.01. The monoisotopic (exact) mass is 288 g/mol. The van der Waals surface area contributed by atoms with E-state index in [1.54, 1.807) is 24.3 Å². The Bertz CT molecular complexity index is 651. The number of ether oxygens (including phenoxy) is 1.